The van der Waals surface area contributed by atoms with Crippen molar-refractivity contribution in [3.63, 3.8) is 0 Å². The fourth-order valence-corrected chi connectivity index (χ4v) is 1.76. The third-order valence-electron chi connectivity index (χ3n) is 2.46. The van der Waals surface area contributed by atoms with E-state index in [0.29, 0.717) is 6.42 Å². The summed E-state index contributed by atoms with van der Waals surface area (Å²) in [5, 5.41) is 0. The Morgan fingerprint density at radius 3 is 2.80 bits per heavy atom. The molecule has 0 bridgehead atoms. The van der Waals surface area contributed by atoms with Crippen LogP contribution in [0.4, 0.5) is 0 Å². The second-order valence-corrected chi connectivity index (χ2v) is 3.71. The Bertz CT molecular complexity index is 528. The number of Topliss-reactive ketones (excluding diaryl/α,β-unsaturated/α-hetero) is 1. The van der Waals surface area contributed by atoms with E-state index in [1.54, 1.807) is 13.1 Å². The number of nitrogens with zero attached hydrogens (tertiary/aromatic N) is 3. The second kappa shape index (κ2) is 3.46. The van der Waals surface area contributed by atoms with E-state index in [4.69, 9.17) is 0 Å². The lowest BCUT2D eigenvalue weighted by molar-refractivity contribution is -0.116. The lowest BCUT2D eigenvalue weighted by atomic mass is 10.2. The fourth-order valence-electron chi connectivity index (χ4n) is 1.76. The van der Waals surface area contributed by atoms with Crippen LogP contribution in [-0.2, 0) is 11.2 Å². The first-order valence-electron chi connectivity index (χ1n) is 4.88. The molecule has 0 spiro atoms. The molecule has 4 nitrogen and oxygen atoms in total. The summed E-state index contributed by atoms with van der Waals surface area (Å²) in [5.41, 5.74) is 2.71. The number of fused-ring (bicyclic) bond motifs is 1. The molecule has 0 saturated carbocycles. The maximum atomic E-state index is 11.1. The van der Waals surface area contributed by atoms with Crippen molar-refractivity contribution < 1.29 is 4.79 Å². The van der Waals surface area contributed by atoms with Gasteiger partial charge in [0.2, 0.25) is 0 Å². The summed E-state index contributed by atoms with van der Waals surface area (Å²) in [5.74, 6) is 1.03. The van der Waals surface area contributed by atoms with Crippen molar-refractivity contribution in [2.24, 2.45) is 0 Å². The van der Waals surface area contributed by atoms with Gasteiger partial charge < -0.3 is 0 Å². The minimum Gasteiger partial charge on any atom is -0.300 e. The van der Waals surface area contributed by atoms with Crippen LogP contribution in [0.1, 0.15) is 24.1 Å². The van der Waals surface area contributed by atoms with Crippen molar-refractivity contribution in [3.05, 3.63) is 29.5 Å². The molecule has 15 heavy (non-hydrogen) atoms. The first-order valence-corrected chi connectivity index (χ1v) is 4.88. The van der Waals surface area contributed by atoms with Gasteiger partial charge in [-0.1, -0.05) is 0 Å². The zero-order valence-electron chi connectivity index (χ0n) is 9.11. The maximum absolute atomic E-state index is 11.1. The van der Waals surface area contributed by atoms with Crippen LogP contribution in [0.25, 0.3) is 5.65 Å². The van der Waals surface area contributed by atoms with E-state index in [0.717, 1.165) is 22.9 Å². The summed E-state index contributed by atoms with van der Waals surface area (Å²) < 4.78 is 1.97. The number of carbonyl (C=O) groups excluding carboxylic acids is 1. The zero-order valence-corrected chi connectivity index (χ0v) is 9.11. The highest BCUT2D eigenvalue weighted by atomic mass is 16.1. The molecule has 0 unspecified atom stereocenters. The monoisotopic (exact) mass is 203 g/mol. The highest BCUT2D eigenvalue weighted by Crippen LogP contribution is 2.13. The molecule has 0 aliphatic rings. The van der Waals surface area contributed by atoms with Crippen molar-refractivity contribution in [1.29, 1.82) is 0 Å². The van der Waals surface area contributed by atoms with Crippen LogP contribution >= 0.6 is 0 Å². The summed E-state index contributed by atoms with van der Waals surface area (Å²) in [6, 6.07) is 1.85. The molecular weight excluding hydrogens is 190 g/mol. The van der Waals surface area contributed by atoms with Gasteiger partial charge in [-0.25, -0.2) is 9.97 Å². The molecule has 0 aromatic carbocycles. The Morgan fingerprint density at radius 1 is 1.47 bits per heavy atom. The van der Waals surface area contributed by atoms with Crippen LogP contribution in [0, 0.1) is 13.8 Å². The molecule has 2 aromatic heterocycles. The van der Waals surface area contributed by atoms with Crippen LogP contribution < -0.4 is 0 Å². The molecule has 2 rings (SSSR count). The SMILES string of the molecule is CC(=O)Cc1nc2ccnc(C)n2c1C. The predicted molar refractivity (Wildman–Crippen MR) is 56.8 cm³/mol. The standard InChI is InChI=1S/C11H13N3O/c1-7(15)6-10-8(2)14-9(3)12-5-4-11(14)13-10/h4-5H,6H2,1-3H3. The van der Waals surface area contributed by atoms with Crippen LogP contribution in [-0.4, -0.2) is 20.2 Å². The van der Waals surface area contributed by atoms with Gasteiger partial charge >= 0.3 is 0 Å². The van der Waals surface area contributed by atoms with Crippen molar-refractivity contribution in [3.8, 4) is 0 Å². The van der Waals surface area contributed by atoms with Gasteiger partial charge in [0, 0.05) is 11.9 Å². The Balaban J connectivity index is 2.64. The molecule has 0 amide bonds. The molecule has 0 aliphatic heterocycles. The highest BCUT2D eigenvalue weighted by molar-refractivity contribution is 5.78. The molecule has 78 valence electrons. The lowest BCUT2D eigenvalue weighted by Crippen LogP contribution is -2.00. The van der Waals surface area contributed by atoms with Gasteiger partial charge in [0.15, 0.2) is 0 Å². The summed E-state index contributed by atoms with van der Waals surface area (Å²) in [7, 11) is 0. The molecular formula is C11H13N3O. The van der Waals surface area contributed by atoms with Gasteiger partial charge in [-0.2, -0.15) is 0 Å². The van der Waals surface area contributed by atoms with Crippen molar-refractivity contribution in [2.45, 2.75) is 27.2 Å². The molecule has 0 N–H and O–H groups in total. The van der Waals surface area contributed by atoms with E-state index in [-0.39, 0.29) is 5.78 Å². The van der Waals surface area contributed by atoms with Gasteiger partial charge in [-0.3, -0.25) is 9.20 Å². The minimum absolute atomic E-state index is 0.132. The van der Waals surface area contributed by atoms with Crippen LogP contribution in [0.2, 0.25) is 0 Å². The molecule has 4 heteroatoms. The van der Waals surface area contributed by atoms with E-state index in [1.807, 2.05) is 24.3 Å². The molecule has 0 fully saturated rings. The van der Waals surface area contributed by atoms with E-state index in [1.165, 1.54) is 0 Å². The molecule has 0 radical (unpaired) electrons. The van der Waals surface area contributed by atoms with Gasteiger partial charge in [-0.05, 0) is 26.8 Å². The van der Waals surface area contributed by atoms with Gasteiger partial charge in [-0.15, -0.1) is 0 Å². The number of hydrogen-bond donors (Lipinski definition) is 0. The topological polar surface area (TPSA) is 47.3 Å². The number of imidazole rings is 1. The number of aryl methyl sites for hydroxylation is 2. The second-order valence-electron chi connectivity index (χ2n) is 3.71. The Hall–Kier alpha value is -1.71. The van der Waals surface area contributed by atoms with Crippen LogP contribution in [0.3, 0.4) is 0 Å². The summed E-state index contributed by atoms with van der Waals surface area (Å²) >= 11 is 0. The third-order valence-corrected chi connectivity index (χ3v) is 2.46. The largest absolute Gasteiger partial charge is 0.300 e. The Labute approximate surface area is 88.0 Å². The van der Waals surface area contributed by atoms with Gasteiger partial charge in [0.1, 0.15) is 17.3 Å². The van der Waals surface area contributed by atoms with Crippen molar-refractivity contribution in [2.75, 3.05) is 0 Å². The van der Waals surface area contributed by atoms with E-state index in [2.05, 4.69) is 9.97 Å². The minimum atomic E-state index is 0.132. The van der Waals surface area contributed by atoms with Gasteiger partial charge in [0.05, 0.1) is 12.1 Å². The summed E-state index contributed by atoms with van der Waals surface area (Å²) in [4.78, 5) is 19.7. The lowest BCUT2D eigenvalue weighted by Gasteiger charge is -2.00. The Morgan fingerprint density at radius 2 is 2.20 bits per heavy atom. The number of ketones is 1. The van der Waals surface area contributed by atoms with E-state index in [9.17, 15) is 4.79 Å². The van der Waals surface area contributed by atoms with Crippen LogP contribution in [0.5, 0.6) is 0 Å². The van der Waals surface area contributed by atoms with Gasteiger partial charge in [0.25, 0.3) is 0 Å². The average molecular weight is 203 g/mol. The van der Waals surface area contributed by atoms with E-state index >= 15 is 0 Å². The first kappa shape index (κ1) is 9.83. The first-order chi connectivity index (χ1) is 7.09. The molecule has 2 heterocycles. The molecule has 0 atom stereocenters. The van der Waals surface area contributed by atoms with Crippen molar-refractivity contribution >= 4 is 11.4 Å². The van der Waals surface area contributed by atoms with Crippen molar-refractivity contribution in [1.82, 2.24) is 14.4 Å². The third kappa shape index (κ3) is 1.63. The molecule has 0 aliphatic carbocycles. The molecule has 0 saturated heterocycles. The number of carbonyl (C=O) groups is 1. The number of aromatic nitrogens is 3. The molecule has 2 aromatic rings. The highest BCUT2D eigenvalue weighted by Gasteiger charge is 2.11. The Kier molecular flexibility index (Phi) is 2.26. The number of hydrogen-bond acceptors (Lipinski definition) is 3. The normalized spacial score (nSPS) is 10.9. The predicted octanol–water partition coefficient (Wildman–Crippen LogP) is 1.48. The summed E-state index contributed by atoms with van der Waals surface area (Å²) in [6.07, 6.45) is 2.13. The smallest absolute Gasteiger partial charge is 0.140 e. The summed E-state index contributed by atoms with van der Waals surface area (Å²) in [6.45, 7) is 5.47. The number of rotatable bonds is 2. The van der Waals surface area contributed by atoms with Crippen LogP contribution in [0.15, 0.2) is 12.3 Å². The quantitative estimate of drug-likeness (QED) is 0.742. The zero-order chi connectivity index (χ0) is 11.0. The maximum Gasteiger partial charge on any atom is 0.140 e. The average Bonchev–Trinajstić information content (AvgIpc) is 2.44. The van der Waals surface area contributed by atoms with E-state index < -0.39 is 0 Å². The fraction of sp³-hybridized carbons (Fsp3) is 0.364.